The van der Waals surface area contributed by atoms with Crippen molar-refractivity contribution in [3.63, 3.8) is 0 Å². The summed E-state index contributed by atoms with van der Waals surface area (Å²) in [5, 5.41) is 0.399. The normalized spacial score (nSPS) is 13.8. The van der Waals surface area contributed by atoms with Gasteiger partial charge in [-0.3, -0.25) is 9.59 Å². The molecule has 8 nitrogen and oxygen atoms in total. The van der Waals surface area contributed by atoms with E-state index in [9.17, 15) is 9.59 Å². The van der Waals surface area contributed by atoms with E-state index in [0.29, 0.717) is 54.3 Å². The Labute approximate surface area is 191 Å². The topological polar surface area (TPSA) is 87.4 Å². The van der Waals surface area contributed by atoms with Crippen molar-refractivity contribution >= 4 is 16.9 Å². The standard InChI is InChI=1S/C25H27NO7/c1-15-11-18-20(12-16(15)2)33-24(17-5-6-19(29-3)21(13-17)30-4)25(23(18)28)32-14-22(27)26-7-9-31-10-8-26/h5-6,11-13H,7-10,14H2,1-4H3. The Morgan fingerprint density at radius 2 is 1.70 bits per heavy atom. The molecule has 0 aliphatic carbocycles. The van der Waals surface area contributed by atoms with E-state index in [0.717, 1.165) is 11.1 Å². The number of carbonyl (C=O) groups is 1. The lowest BCUT2D eigenvalue weighted by Gasteiger charge is -2.26. The number of amides is 1. The van der Waals surface area contributed by atoms with Gasteiger partial charge in [-0.15, -0.1) is 0 Å². The van der Waals surface area contributed by atoms with Gasteiger partial charge in [-0.1, -0.05) is 0 Å². The molecule has 2 aromatic carbocycles. The van der Waals surface area contributed by atoms with Crippen LogP contribution < -0.4 is 19.6 Å². The van der Waals surface area contributed by atoms with Crippen molar-refractivity contribution in [2.75, 3.05) is 47.1 Å². The van der Waals surface area contributed by atoms with E-state index in [1.165, 1.54) is 7.11 Å². The van der Waals surface area contributed by atoms with Crippen molar-refractivity contribution in [3.8, 4) is 28.6 Å². The van der Waals surface area contributed by atoms with Gasteiger partial charge in [-0.2, -0.15) is 0 Å². The van der Waals surface area contributed by atoms with Gasteiger partial charge >= 0.3 is 0 Å². The Bertz CT molecular complexity index is 1240. The quantitative estimate of drug-likeness (QED) is 0.566. The zero-order valence-electron chi connectivity index (χ0n) is 19.2. The first-order valence-electron chi connectivity index (χ1n) is 10.7. The second kappa shape index (κ2) is 9.54. The summed E-state index contributed by atoms with van der Waals surface area (Å²) in [6.45, 7) is 5.57. The van der Waals surface area contributed by atoms with Crippen LogP contribution in [0.3, 0.4) is 0 Å². The van der Waals surface area contributed by atoms with Crippen molar-refractivity contribution in [2.45, 2.75) is 13.8 Å². The molecule has 1 saturated heterocycles. The Balaban J connectivity index is 1.80. The summed E-state index contributed by atoms with van der Waals surface area (Å²) in [5.41, 5.74) is 2.64. The molecule has 0 N–H and O–H groups in total. The number of aryl methyl sites for hydroxylation is 2. The number of rotatable bonds is 6. The summed E-state index contributed by atoms with van der Waals surface area (Å²) in [5.74, 6) is 1.02. The lowest BCUT2D eigenvalue weighted by Crippen LogP contribution is -2.43. The second-order valence-corrected chi connectivity index (χ2v) is 7.87. The number of morpholine rings is 1. The van der Waals surface area contributed by atoms with Crippen molar-refractivity contribution in [1.82, 2.24) is 4.90 Å². The fourth-order valence-electron chi connectivity index (χ4n) is 3.77. The largest absolute Gasteiger partial charge is 0.493 e. The zero-order chi connectivity index (χ0) is 23.5. The first-order chi connectivity index (χ1) is 15.9. The number of ether oxygens (including phenoxy) is 4. The van der Waals surface area contributed by atoms with Crippen LogP contribution in [0.1, 0.15) is 11.1 Å². The molecule has 0 unspecified atom stereocenters. The van der Waals surface area contributed by atoms with Crippen LogP contribution in [0, 0.1) is 13.8 Å². The third-order valence-electron chi connectivity index (χ3n) is 5.81. The van der Waals surface area contributed by atoms with E-state index >= 15 is 0 Å². The summed E-state index contributed by atoms with van der Waals surface area (Å²) in [6.07, 6.45) is 0. The van der Waals surface area contributed by atoms with E-state index in [1.54, 1.807) is 36.3 Å². The predicted molar refractivity (Wildman–Crippen MR) is 123 cm³/mol. The molecule has 1 aliphatic heterocycles. The molecule has 2 heterocycles. The number of methoxy groups -OCH3 is 2. The molecule has 0 spiro atoms. The molecule has 8 heteroatoms. The minimum atomic E-state index is -0.334. The van der Waals surface area contributed by atoms with Gasteiger partial charge in [0.25, 0.3) is 5.91 Å². The third-order valence-corrected chi connectivity index (χ3v) is 5.81. The molecule has 1 amide bonds. The number of carbonyl (C=O) groups excluding carboxylic acids is 1. The van der Waals surface area contributed by atoms with Crippen molar-refractivity contribution < 1.29 is 28.2 Å². The van der Waals surface area contributed by atoms with Crippen molar-refractivity contribution in [2.24, 2.45) is 0 Å². The van der Waals surface area contributed by atoms with Gasteiger partial charge in [-0.25, -0.2) is 0 Å². The molecule has 174 valence electrons. The van der Waals surface area contributed by atoms with Crippen LogP contribution in [0.25, 0.3) is 22.3 Å². The predicted octanol–water partition coefficient (Wildman–Crippen LogP) is 3.33. The van der Waals surface area contributed by atoms with Crippen LogP contribution >= 0.6 is 0 Å². The van der Waals surface area contributed by atoms with E-state index in [-0.39, 0.29) is 29.5 Å². The molecule has 33 heavy (non-hydrogen) atoms. The summed E-state index contributed by atoms with van der Waals surface area (Å²) in [7, 11) is 3.08. The van der Waals surface area contributed by atoms with E-state index in [2.05, 4.69) is 0 Å². The minimum absolute atomic E-state index is 0.0143. The Kier molecular flexibility index (Phi) is 6.55. The highest BCUT2D eigenvalue weighted by atomic mass is 16.5. The van der Waals surface area contributed by atoms with E-state index in [4.69, 9.17) is 23.4 Å². The Hall–Kier alpha value is -3.52. The summed E-state index contributed by atoms with van der Waals surface area (Å²) < 4.78 is 28.0. The summed E-state index contributed by atoms with van der Waals surface area (Å²) in [4.78, 5) is 27.8. The van der Waals surface area contributed by atoms with Crippen LogP contribution in [0.4, 0.5) is 0 Å². The van der Waals surface area contributed by atoms with Crippen molar-refractivity contribution in [3.05, 3.63) is 51.7 Å². The van der Waals surface area contributed by atoms with Gasteiger partial charge in [0.2, 0.25) is 11.2 Å². The Morgan fingerprint density at radius 1 is 1.00 bits per heavy atom. The summed E-state index contributed by atoms with van der Waals surface area (Å²) in [6, 6.07) is 8.80. The van der Waals surface area contributed by atoms with Crippen molar-refractivity contribution in [1.29, 1.82) is 0 Å². The maximum absolute atomic E-state index is 13.5. The average molecular weight is 453 g/mol. The van der Waals surface area contributed by atoms with Crippen LogP contribution in [0.5, 0.6) is 17.2 Å². The van der Waals surface area contributed by atoms with Gasteiger partial charge in [0.1, 0.15) is 5.58 Å². The molecule has 4 rings (SSSR count). The second-order valence-electron chi connectivity index (χ2n) is 7.87. The molecule has 0 saturated carbocycles. The van der Waals surface area contributed by atoms with Gasteiger partial charge < -0.3 is 28.3 Å². The zero-order valence-corrected chi connectivity index (χ0v) is 19.2. The monoisotopic (exact) mass is 453 g/mol. The van der Waals surface area contributed by atoms with Crippen LogP contribution in [-0.4, -0.2) is 57.9 Å². The minimum Gasteiger partial charge on any atom is -0.493 e. The number of fused-ring (bicyclic) bond motifs is 1. The maximum Gasteiger partial charge on any atom is 0.260 e. The fourth-order valence-corrected chi connectivity index (χ4v) is 3.77. The maximum atomic E-state index is 13.5. The number of hydrogen-bond acceptors (Lipinski definition) is 7. The highest BCUT2D eigenvalue weighted by Crippen LogP contribution is 2.37. The van der Waals surface area contributed by atoms with Gasteiger partial charge in [0, 0.05) is 18.7 Å². The number of hydrogen-bond donors (Lipinski definition) is 0. The molecule has 3 aromatic rings. The average Bonchev–Trinajstić information content (AvgIpc) is 2.84. The number of benzene rings is 2. The third kappa shape index (κ3) is 4.52. The molecule has 0 radical (unpaired) electrons. The highest BCUT2D eigenvalue weighted by molar-refractivity contribution is 5.84. The molecule has 1 aromatic heterocycles. The summed E-state index contributed by atoms with van der Waals surface area (Å²) >= 11 is 0. The molecular weight excluding hydrogens is 426 g/mol. The first-order valence-corrected chi connectivity index (χ1v) is 10.7. The van der Waals surface area contributed by atoms with Gasteiger partial charge in [-0.05, 0) is 55.3 Å². The molecule has 1 fully saturated rings. The van der Waals surface area contributed by atoms with Crippen LogP contribution in [-0.2, 0) is 9.53 Å². The Morgan fingerprint density at radius 3 is 2.39 bits per heavy atom. The molecular formula is C25H27NO7. The van der Waals surface area contributed by atoms with E-state index < -0.39 is 0 Å². The molecule has 0 bridgehead atoms. The van der Waals surface area contributed by atoms with Gasteiger partial charge in [0.15, 0.2) is 23.9 Å². The lowest BCUT2D eigenvalue weighted by molar-refractivity contribution is -0.137. The first kappa shape index (κ1) is 22.7. The molecule has 0 atom stereocenters. The lowest BCUT2D eigenvalue weighted by atomic mass is 10.0. The van der Waals surface area contributed by atoms with Gasteiger partial charge in [0.05, 0.1) is 32.8 Å². The van der Waals surface area contributed by atoms with Crippen LogP contribution in [0.15, 0.2) is 39.5 Å². The fraction of sp³-hybridized carbons (Fsp3) is 0.360. The SMILES string of the molecule is COc1ccc(-c2oc3cc(C)c(C)cc3c(=O)c2OCC(=O)N2CCOCC2)cc1OC. The molecule has 1 aliphatic rings. The highest BCUT2D eigenvalue weighted by Gasteiger charge is 2.23. The van der Waals surface area contributed by atoms with E-state index in [1.807, 2.05) is 19.9 Å². The van der Waals surface area contributed by atoms with Crippen LogP contribution in [0.2, 0.25) is 0 Å². The smallest absolute Gasteiger partial charge is 0.260 e. The number of nitrogens with zero attached hydrogens (tertiary/aromatic N) is 1.